The Kier molecular flexibility index (Phi) is 10.3. The zero-order valence-electron chi connectivity index (χ0n) is 30.7. The van der Waals surface area contributed by atoms with Crippen molar-refractivity contribution in [1.82, 2.24) is 14.0 Å². The van der Waals surface area contributed by atoms with Gasteiger partial charge in [-0.05, 0) is 52.8 Å². The smallest absolute Gasteiger partial charge is 0.329 e. The number of nitrogens with two attached hydrogens (primary N) is 1. The lowest BCUT2D eigenvalue weighted by molar-refractivity contribution is -0.929. The maximum Gasteiger partial charge on any atom is 0.329 e. The molecule has 0 saturated carbocycles. The molecule has 7 heteroatoms. The standard InChI is InChI=1S/C46H51N6O/c47-45(48-34-38-20-7-9-22-41(38)36-16-3-1-4-17-36)49-29-26-40(27-30-49)51-44-25-12-11-24-43(44)50(46(51)53)28-15-33-52(31-13-14-32-52)35-39-21-8-10-23-42(39)37-18-5-2-6-19-37/h1-12,16-25,40H,13-15,26-35H2,(H2,47,48)/q+1. The van der Waals surface area contributed by atoms with Gasteiger partial charge in [-0.1, -0.05) is 121 Å². The van der Waals surface area contributed by atoms with Crippen molar-refractivity contribution < 1.29 is 4.48 Å². The van der Waals surface area contributed by atoms with Gasteiger partial charge in [0.1, 0.15) is 6.54 Å². The first kappa shape index (κ1) is 34.7. The van der Waals surface area contributed by atoms with Gasteiger partial charge in [0, 0.05) is 50.5 Å². The van der Waals surface area contributed by atoms with Crippen LogP contribution in [0, 0.1) is 0 Å². The van der Waals surface area contributed by atoms with Gasteiger partial charge in [-0.3, -0.25) is 9.13 Å². The van der Waals surface area contributed by atoms with E-state index in [9.17, 15) is 4.79 Å². The summed E-state index contributed by atoms with van der Waals surface area (Å²) in [6.45, 7) is 7.31. The van der Waals surface area contributed by atoms with Gasteiger partial charge >= 0.3 is 5.69 Å². The third-order valence-electron chi connectivity index (χ3n) is 11.7. The number of aromatic nitrogens is 2. The van der Waals surface area contributed by atoms with Crippen molar-refractivity contribution in [3.05, 3.63) is 155 Å². The lowest BCUT2D eigenvalue weighted by Crippen LogP contribution is -2.46. The van der Waals surface area contributed by atoms with E-state index in [1.54, 1.807) is 0 Å². The molecule has 0 radical (unpaired) electrons. The Morgan fingerprint density at radius 3 is 1.89 bits per heavy atom. The number of piperidine rings is 1. The average Bonchev–Trinajstić information content (AvgIpc) is 3.79. The second-order valence-corrected chi connectivity index (χ2v) is 15.0. The average molecular weight is 704 g/mol. The van der Waals surface area contributed by atoms with Gasteiger partial charge in [0.15, 0.2) is 5.96 Å². The molecule has 8 rings (SSSR count). The second kappa shape index (κ2) is 15.7. The van der Waals surface area contributed by atoms with Crippen LogP contribution in [-0.2, 0) is 19.6 Å². The van der Waals surface area contributed by atoms with Crippen LogP contribution in [0.2, 0.25) is 0 Å². The zero-order valence-corrected chi connectivity index (χ0v) is 30.7. The first-order chi connectivity index (χ1) is 26.1. The van der Waals surface area contributed by atoms with Gasteiger partial charge < -0.3 is 15.1 Å². The van der Waals surface area contributed by atoms with Crippen molar-refractivity contribution in [3.63, 3.8) is 0 Å². The van der Waals surface area contributed by atoms with Crippen molar-refractivity contribution in [2.45, 2.75) is 57.8 Å². The van der Waals surface area contributed by atoms with Gasteiger partial charge in [0.2, 0.25) is 0 Å². The molecule has 1 aromatic heterocycles. The summed E-state index contributed by atoms with van der Waals surface area (Å²) in [7, 11) is 0. The molecule has 2 aliphatic heterocycles. The van der Waals surface area contributed by atoms with E-state index in [0.29, 0.717) is 12.5 Å². The molecule has 270 valence electrons. The Labute approximate surface area is 313 Å². The van der Waals surface area contributed by atoms with E-state index in [1.807, 2.05) is 10.6 Å². The lowest BCUT2D eigenvalue weighted by atomic mass is 9.98. The number of imidazole rings is 1. The van der Waals surface area contributed by atoms with Crippen molar-refractivity contribution in [1.29, 1.82) is 0 Å². The molecule has 2 fully saturated rings. The minimum Gasteiger partial charge on any atom is -0.370 e. The van der Waals surface area contributed by atoms with Crippen molar-refractivity contribution in [3.8, 4) is 22.3 Å². The van der Waals surface area contributed by atoms with Crippen LogP contribution < -0.4 is 11.4 Å². The highest BCUT2D eigenvalue weighted by Gasteiger charge is 2.33. The van der Waals surface area contributed by atoms with Gasteiger partial charge in [0.05, 0.1) is 37.2 Å². The molecule has 0 amide bonds. The third kappa shape index (κ3) is 7.44. The second-order valence-electron chi connectivity index (χ2n) is 15.0. The number of rotatable bonds is 11. The number of quaternary nitrogens is 1. The molecule has 5 aromatic carbocycles. The lowest BCUT2D eigenvalue weighted by Gasteiger charge is -2.35. The number of nitrogens with zero attached hydrogens (tertiary/aromatic N) is 5. The van der Waals surface area contributed by atoms with E-state index in [2.05, 4.69) is 137 Å². The molecule has 2 N–H and O–H groups in total. The Morgan fingerprint density at radius 2 is 1.23 bits per heavy atom. The summed E-state index contributed by atoms with van der Waals surface area (Å²) in [5, 5.41) is 0. The fourth-order valence-electron chi connectivity index (χ4n) is 8.93. The molecule has 7 nitrogen and oxygen atoms in total. The quantitative estimate of drug-likeness (QED) is 0.0837. The van der Waals surface area contributed by atoms with Gasteiger partial charge in [-0.2, -0.15) is 0 Å². The Balaban J connectivity index is 0.944. The normalized spacial score (nSPS) is 16.4. The van der Waals surface area contributed by atoms with Crippen molar-refractivity contribution in [2.24, 2.45) is 10.7 Å². The topological polar surface area (TPSA) is 68.5 Å². The van der Waals surface area contributed by atoms with Crippen LogP contribution in [0.15, 0.2) is 143 Å². The molecule has 53 heavy (non-hydrogen) atoms. The molecule has 0 bridgehead atoms. The summed E-state index contributed by atoms with van der Waals surface area (Å²) >= 11 is 0. The highest BCUT2D eigenvalue weighted by atomic mass is 16.1. The largest absolute Gasteiger partial charge is 0.370 e. The number of likely N-dealkylation sites (tertiary alicyclic amines) is 2. The number of para-hydroxylation sites is 2. The fourth-order valence-corrected chi connectivity index (χ4v) is 8.93. The van der Waals surface area contributed by atoms with Crippen LogP contribution in [0.5, 0.6) is 0 Å². The molecule has 3 heterocycles. The number of aliphatic imine (C=N–C) groups is 1. The summed E-state index contributed by atoms with van der Waals surface area (Å²) in [5.74, 6) is 0.575. The minimum atomic E-state index is 0.117. The van der Waals surface area contributed by atoms with Crippen LogP contribution in [0.1, 0.15) is 49.3 Å². The molecule has 2 aliphatic rings. The number of guanidine groups is 1. The molecular weight excluding hydrogens is 653 g/mol. The number of hydrogen-bond donors (Lipinski definition) is 1. The van der Waals surface area contributed by atoms with E-state index >= 15 is 0 Å². The number of fused-ring (bicyclic) bond motifs is 1. The van der Waals surface area contributed by atoms with Crippen LogP contribution in [0.3, 0.4) is 0 Å². The fraction of sp³-hybridized carbons (Fsp3) is 0.304. The summed E-state index contributed by atoms with van der Waals surface area (Å²) in [4.78, 5) is 21.3. The first-order valence-corrected chi connectivity index (χ1v) is 19.4. The highest BCUT2D eigenvalue weighted by molar-refractivity contribution is 5.79. The Hall–Kier alpha value is -5.40. The SMILES string of the molecule is NC(=NCc1ccccc1-c1ccccc1)N1CCC(n2c(=O)n(CCC[N+]3(Cc4ccccc4-c4ccccc4)CCCC3)c3ccccc32)CC1. The van der Waals surface area contributed by atoms with E-state index in [0.717, 1.165) is 73.1 Å². The van der Waals surface area contributed by atoms with Crippen molar-refractivity contribution in [2.75, 3.05) is 32.7 Å². The number of aryl methyl sites for hydroxylation is 1. The van der Waals surface area contributed by atoms with Crippen LogP contribution >= 0.6 is 0 Å². The molecule has 6 aromatic rings. The van der Waals surface area contributed by atoms with Crippen molar-refractivity contribution >= 4 is 17.0 Å². The van der Waals surface area contributed by atoms with Gasteiger partial charge in [-0.15, -0.1) is 0 Å². The maximum atomic E-state index is 14.3. The third-order valence-corrected chi connectivity index (χ3v) is 11.7. The first-order valence-electron chi connectivity index (χ1n) is 19.4. The Morgan fingerprint density at radius 1 is 0.679 bits per heavy atom. The number of hydrogen-bond acceptors (Lipinski definition) is 2. The summed E-state index contributed by atoms with van der Waals surface area (Å²) in [6, 6.07) is 47.0. The van der Waals surface area contributed by atoms with Crippen LogP contribution in [-0.4, -0.2) is 57.2 Å². The monoisotopic (exact) mass is 703 g/mol. The zero-order chi connectivity index (χ0) is 36.0. The molecular formula is C46H51N6O+. The van der Waals surface area contributed by atoms with Gasteiger partial charge in [-0.25, -0.2) is 9.79 Å². The predicted octanol–water partition coefficient (Wildman–Crippen LogP) is 8.49. The van der Waals surface area contributed by atoms with Crippen LogP contribution in [0.4, 0.5) is 0 Å². The van der Waals surface area contributed by atoms with E-state index < -0.39 is 0 Å². The molecule has 0 aliphatic carbocycles. The van der Waals surface area contributed by atoms with E-state index in [-0.39, 0.29) is 11.7 Å². The van der Waals surface area contributed by atoms with Gasteiger partial charge in [0.25, 0.3) is 0 Å². The summed E-state index contributed by atoms with van der Waals surface area (Å²) in [6.07, 6.45) is 5.21. The van der Waals surface area contributed by atoms with Crippen LogP contribution in [0.25, 0.3) is 33.3 Å². The minimum absolute atomic E-state index is 0.117. The predicted molar refractivity (Wildman–Crippen MR) is 218 cm³/mol. The summed E-state index contributed by atoms with van der Waals surface area (Å²) < 4.78 is 5.22. The van der Waals surface area contributed by atoms with E-state index in [1.165, 1.54) is 53.7 Å². The highest BCUT2D eigenvalue weighted by Crippen LogP contribution is 2.31. The molecule has 0 atom stereocenters. The Bertz CT molecular complexity index is 2220. The van der Waals surface area contributed by atoms with E-state index in [4.69, 9.17) is 10.7 Å². The molecule has 2 saturated heterocycles. The summed E-state index contributed by atoms with van der Waals surface area (Å²) in [5.41, 5.74) is 16.4. The molecule has 0 spiro atoms. The maximum absolute atomic E-state index is 14.3. The number of benzene rings is 5. The molecule has 0 unspecified atom stereocenters.